The summed E-state index contributed by atoms with van der Waals surface area (Å²) in [6, 6.07) is 19.5. The Morgan fingerprint density at radius 1 is 0.927 bits per heavy atom. The van der Waals surface area contributed by atoms with Gasteiger partial charge in [0, 0.05) is 11.3 Å². The van der Waals surface area contributed by atoms with E-state index < -0.39 is 11.9 Å². The molecule has 1 heterocycles. The van der Waals surface area contributed by atoms with Crippen molar-refractivity contribution in [2.75, 3.05) is 32.8 Å². The maximum Gasteiger partial charge on any atom is 0.357 e. The molecule has 11 heteroatoms. The van der Waals surface area contributed by atoms with Crippen molar-refractivity contribution in [1.29, 1.82) is 0 Å². The zero-order chi connectivity index (χ0) is 29.5. The number of hydrogen-bond donors (Lipinski definition) is 1. The van der Waals surface area contributed by atoms with E-state index >= 15 is 0 Å². The number of carbonyl (C=O) groups excluding carboxylic acids is 3. The van der Waals surface area contributed by atoms with Crippen LogP contribution in [0.25, 0.3) is 16.9 Å². The van der Waals surface area contributed by atoms with Crippen LogP contribution in [0.4, 0.5) is 5.69 Å². The third-order valence-corrected chi connectivity index (χ3v) is 6.59. The molecule has 1 N–H and O–H groups in total. The first kappa shape index (κ1) is 29.3. The molecule has 1 aromatic heterocycles. The van der Waals surface area contributed by atoms with Gasteiger partial charge in [-0.15, -0.1) is 0 Å². The zero-order valence-corrected chi connectivity index (χ0v) is 24.5. The van der Waals surface area contributed by atoms with E-state index in [9.17, 15) is 14.4 Å². The van der Waals surface area contributed by atoms with Crippen LogP contribution in [-0.2, 0) is 14.3 Å². The lowest BCUT2D eigenvalue weighted by Gasteiger charge is -2.15. The number of methoxy groups -OCH3 is 2. The molecule has 4 aromatic rings. The third kappa shape index (κ3) is 6.41. The summed E-state index contributed by atoms with van der Waals surface area (Å²) < 4.78 is 23.5. The van der Waals surface area contributed by atoms with Crippen LogP contribution in [0.3, 0.4) is 0 Å². The number of anilines is 1. The summed E-state index contributed by atoms with van der Waals surface area (Å²) in [4.78, 5) is 38.5. The number of amides is 1. The fourth-order valence-corrected chi connectivity index (χ4v) is 4.66. The van der Waals surface area contributed by atoms with Gasteiger partial charge in [0.05, 0.1) is 31.0 Å². The summed E-state index contributed by atoms with van der Waals surface area (Å²) in [5.74, 6) is -1.31. The average molecular weight is 622 g/mol. The quantitative estimate of drug-likeness (QED) is 0.227. The molecule has 0 aliphatic carbocycles. The fourth-order valence-electron chi connectivity index (χ4n) is 4.10. The van der Waals surface area contributed by atoms with Crippen LogP contribution in [0.5, 0.6) is 11.5 Å². The highest BCUT2D eigenvalue weighted by Crippen LogP contribution is 2.41. The number of carbonyl (C=O) groups is 3. The summed E-state index contributed by atoms with van der Waals surface area (Å²) in [5, 5.41) is 7.45. The Balaban J connectivity index is 1.76. The number of rotatable bonds is 10. The second-order valence-corrected chi connectivity index (χ2v) is 9.53. The van der Waals surface area contributed by atoms with E-state index in [0.29, 0.717) is 27.2 Å². The first-order valence-electron chi connectivity index (χ1n) is 12.6. The smallest absolute Gasteiger partial charge is 0.357 e. The molecule has 10 nitrogen and oxygen atoms in total. The van der Waals surface area contributed by atoms with Gasteiger partial charge in [-0.1, -0.05) is 36.4 Å². The predicted molar refractivity (Wildman–Crippen MR) is 156 cm³/mol. The van der Waals surface area contributed by atoms with E-state index in [1.165, 1.54) is 18.9 Å². The topological polar surface area (TPSA) is 118 Å². The number of benzene rings is 3. The number of nitrogens with one attached hydrogen (secondary N) is 1. The molecule has 0 atom stereocenters. The lowest BCUT2D eigenvalue weighted by Crippen LogP contribution is -2.21. The second kappa shape index (κ2) is 13.1. The molecule has 0 bridgehead atoms. The molecule has 0 aliphatic rings. The van der Waals surface area contributed by atoms with Crippen LogP contribution in [0.1, 0.15) is 33.3 Å². The molecule has 212 valence electrons. The van der Waals surface area contributed by atoms with Crippen LogP contribution in [0.15, 0.2) is 71.2 Å². The predicted octanol–water partition coefficient (Wildman–Crippen LogP) is 5.60. The number of aryl methyl sites for hydroxylation is 1. The van der Waals surface area contributed by atoms with Crippen molar-refractivity contribution in [3.8, 4) is 28.4 Å². The van der Waals surface area contributed by atoms with Gasteiger partial charge in [-0.05, 0) is 65.7 Å². The van der Waals surface area contributed by atoms with Gasteiger partial charge in [0.1, 0.15) is 11.3 Å². The number of ether oxygens (including phenoxy) is 4. The summed E-state index contributed by atoms with van der Waals surface area (Å²) in [6.45, 7) is 3.70. The Kier molecular flexibility index (Phi) is 9.41. The summed E-state index contributed by atoms with van der Waals surface area (Å²) in [5.41, 5.74) is 2.55. The maximum atomic E-state index is 13.0. The van der Waals surface area contributed by atoms with Gasteiger partial charge in [0.25, 0.3) is 5.91 Å². The van der Waals surface area contributed by atoms with Gasteiger partial charge in [-0.3, -0.25) is 4.79 Å². The molecule has 0 fully saturated rings. The Hall–Kier alpha value is -4.64. The van der Waals surface area contributed by atoms with Crippen molar-refractivity contribution in [1.82, 2.24) is 9.78 Å². The van der Waals surface area contributed by atoms with Gasteiger partial charge in [-0.2, -0.15) is 5.10 Å². The lowest BCUT2D eigenvalue weighted by molar-refractivity contribution is -0.118. The number of nitrogens with zero attached hydrogens (tertiary/aromatic N) is 2. The Bertz CT molecular complexity index is 1580. The molecule has 4 rings (SSSR count). The Morgan fingerprint density at radius 3 is 2.27 bits per heavy atom. The third-order valence-electron chi connectivity index (χ3n) is 6.00. The molecule has 0 spiro atoms. The minimum absolute atomic E-state index is 0.0798. The van der Waals surface area contributed by atoms with Crippen molar-refractivity contribution in [2.45, 2.75) is 13.8 Å². The Morgan fingerprint density at radius 2 is 1.61 bits per heavy atom. The van der Waals surface area contributed by atoms with E-state index in [2.05, 4.69) is 26.3 Å². The molecule has 0 saturated heterocycles. The number of para-hydroxylation sites is 2. The molecular formula is C30H28BrN3O7. The van der Waals surface area contributed by atoms with E-state index in [1.807, 2.05) is 31.2 Å². The first-order valence-corrected chi connectivity index (χ1v) is 13.4. The SMILES string of the molecule is CCOc1cc(-c2nn(-c3ccccc3)c(C(=O)OC)c2C(=O)OC)cc(Br)c1OCC(=O)Nc1ccccc1C. The monoisotopic (exact) mass is 621 g/mol. The molecule has 0 radical (unpaired) electrons. The van der Waals surface area contributed by atoms with E-state index in [-0.39, 0.29) is 41.8 Å². The number of esters is 2. The minimum atomic E-state index is -0.773. The highest BCUT2D eigenvalue weighted by Gasteiger charge is 2.32. The summed E-state index contributed by atoms with van der Waals surface area (Å²) >= 11 is 3.51. The number of hydrogen-bond acceptors (Lipinski definition) is 8. The van der Waals surface area contributed by atoms with E-state index in [4.69, 9.17) is 18.9 Å². The summed E-state index contributed by atoms with van der Waals surface area (Å²) in [6.07, 6.45) is 0. The number of halogens is 1. The van der Waals surface area contributed by atoms with Gasteiger partial charge in [0.15, 0.2) is 23.8 Å². The van der Waals surface area contributed by atoms with Crippen LogP contribution in [0, 0.1) is 6.92 Å². The van der Waals surface area contributed by atoms with Gasteiger partial charge in [-0.25, -0.2) is 14.3 Å². The van der Waals surface area contributed by atoms with Crippen LogP contribution in [0.2, 0.25) is 0 Å². The van der Waals surface area contributed by atoms with Crippen molar-refractivity contribution in [2.24, 2.45) is 0 Å². The van der Waals surface area contributed by atoms with Crippen molar-refractivity contribution in [3.63, 3.8) is 0 Å². The standard InChI is InChI=1S/C30H28BrN3O7/c1-5-40-23-16-19(15-21(31)28(23)41-17-24(35)32-22-14-10-9-11-18(22)2)26-25(29(36)38-3)27(30(37)39-4)34(33-26)20-12-7-6-8-13-20/h6-16H,5,17H2,1-4H3,(H,32,35). The van der Waals surface area contributed by atoms with Gasteiger partial charge in [0.2, 0.25) is 0 Å². The van der Waals surface area contributed by atoms with Crippen LogP contribution >= 0.6 is 15.9 Å². The van der Waals surface area contributed by atoms with Crippen molar-refractivity contribution >= 4 is 39.5 Å². The molecule has 0 aliphatic heterocycles. The van der Waals surface area contributed by atoms with Crippen LogP contribution in [-0.4, -0.2) is 55.1 Å². The maximum absolute atomic E-state index is 13.0. The number of aromatic nitrogens is 2. The first-order chi connectivity index (χ1) is 19.8. The molecule has 0 saturated carbocycles. The highest BCUT2D eigenvalue weighted by atomic mass is 79.9. The Labute approximate surface area is 245 Å². The van der Waals surface area contributed by atoms with Crippen molar-refractivity contribution < 1.29 is 33.3 Å². The second-order valence-electron chi connectivity index (χ2n) is 8.67. The minimum Gasteiger partial charge on any atom is -0.490 e. The summed E-state index contributed by atoms with van der Waals surface area (Å²) in [7, 11) is 2.43. The molecule has 1 amide bonds. The van der Waals surface area contributed by atoms with Crippen LogP contribution < -0.4 is 14.8 Å². The zero-order valence-electron chi connectivity index (χ0n) is 22.9. The average Bonchev–Trinajstić information content (AvgIpc) is 3.38. The van der Waals surface area contributed by atoms with E-state index in [0.717, 1.165) is 5.56 Å². The van der Waals surface area contributed by atoms with E-state index in [1.54, 1.807) is 49.4 Å². The molecule has 0 unspecified atom stereocenters. The van der Waals surface area contributed by atoms with Gasteiger partial charge < -0.3 is 24.3 Å². The lowest BCUT2D eigenvalue weighted by atomic mass is 10.0. The molecule has 41 heavy (non-hydrogen) atoms. The molecular weight excluding hydrogens is 594 g/mol. The van der Waals surface area contributed by atoms with Gasteiger partial charge >= 0.3 is 11.9 Å². The normalized spacial score (nSPS) is 10.6. The molecule has 3 aromatic carbocycles. The largest absolute Gasteiger partial charge is 0.490 e. The highest BCUT2D eigenvalue weighted by molar-refractivity contribution is 9.10. The van der Waals surface area contributed by atoms with Crippen molar-refractivity contribution in [3.05, 3.63) is 88.0 Å². The fraction of sp³-hybridized carbons (Fsp3) is 0.200.